The standard InChI is InChI=1S/C13H9N3O7/c1-22-13(17)9-7-8(15(18)19)4-5-10(9)23-11-3-2-6-14-12(11)16(20)21/h2-7H,1H3. The van der Waals surface area contributed by atoms with Gasteiger partial charge in [-0.25, -0.2) is 4.79 Å². The van der Waals surface area contributed by atoms with Crippen molar-refractivity contribution < 1.29 is 24.1 Å². The molecule has 0 amide bonds. The number of benzene rings is 1. The van der Waals surface area contributed by atoms with Gasteiger partial charge in [0.25, 0.3) is 5.69 Å². The number of pyridine rings is 1. The van der Waals surface area contributed by atoms with Crippen LogP contribution in [0.3, 0.4) is 0 Å². The Kier molecular flexibility index (Phi) is 4.45. The highest BCUT2D eigenvalue weighted by Gasteiger charge is 2.22. The van der Waals surface area contributed by atoms with Crippen molar-refractivity contribution in [2.24, 2.45) is 0 Å². The van der Waals surface area contributed by atoms with Crippen LogP contribution >= 0.6 is 0 Å². The lowest BCUT2D eigenvalue weighted by atomic mass is 10.2. The zero-order valence-electron chi connectivity index (χ0n) is 11.7. The molecule has 0 saturated heterocycles. The number of non-ortho nitro benzene ring substituents is 1. The SMILES string of the molecule is COC(=O)c1cc([N+](=O)[O-])ccc1Oc1cccnc1[N+](=O)[O-]. The Balaban J connectivity index is 2.50. The van der Waals surface area contributed by atoms with Gasteiger partial charge in [-0.2, -0.15) is 0 Å². The van der Waals surface area contributed by atoms with Crippen molar-refractivity contribution in [2.75, 3.05) is 7.11 Å². The average Bonchev–Trinajstić information content (AvgIpc) is 2.54. The summed E-state index contributed by atoms with van der Waals surface area (Å²) in [5.74, 6) is -1.77. The predicted octanol–water partition coefficient (Wildman–Crippen LogP) is 2.48. The first kappa shape index (κ1) is 15.8. The van der Waals surface area contributed by atoms with Crippen LogP contribution in [0.25, 0.3) is 0 Å². The molecular weight excluding hydrogens is 310 g/mol. The van der Waals surface area contributed by atoms with Crippen LogP contribution < -0.4 is 4.74 Å². The summed E-state index contributed by atoms with van der Waals surface area (Å²) in [7, 11) is 1.09. The molecule has 0 aliphatic carbocycles. The molecule has 0 fully saturated rings. The molecule has 0 aliphatic heterocycles. The molecule has 10 nitrogen and oxygen atoms in total. The third-order valence-electron chi connectivity index (χ3n) is 2.72. The molecule has 23 heavy (non-hydrogen) atoms. The lowest BCUT2D eigenvalue weighted by Crippen LogP contribution is -2.05. The topological polar surface area (TPSA) is 135 Å². The number of nitro groups is 2. The Bertz CT molecular complexity index is 791. The first-order chi connectivity index (χ1) is 10.9. The number of nitrogens with zero attached hydrogens (tertiary/aromatic N) is 3. The second-order valence-corrected chi connectivity index (χ2v) is 4.11. The summed E-state index contributed by atoms with van der Waals surface area (Å²) < 4.78 is 9.87. The summed E-state index contributed by atoms with van der Waals surface area (Å²) in [6.07, 6.45) is 1.21. The summed E-state index contributed by atoms with van der Waals surface area (Å²) >= 11 is 0. The van der Waals surface area contributed by atoms with Gasteiger partial charge in [-0.3, -0.25) is 10.1 Å². The fourth-order valence-corrected chi connectivity index (χ4v) is 1.71. The molecule has 118 valence electrons. The number of aromatic nitrogens is 1. The second kappa shape index (κ2) is 6.47. The number of ether oxygens (including phenoxy) is 2. The highest BCUT2D eigenvalue weighted by molar-refractivity contribution is 5.93. The number of methoxy groups -OCH3 is 1. The van der Waals surface area contributed by atoms with Crippen LogP contribution in [0, 0.1) is 20.2 Å². The van der Waals surface area contributed by atoms with Crippen molar-refractivity contribution in [1.82, 2.24) is 4.98 Å². The van der Waals surface area contributed by atoms with Crippen LogP contribution in [0.2, 0.25) is 0 Å². The molecule has 10 heteroatoms. The van der Waals surface area contributed by atoms with Gasteiger partial charge in [-0.05, 0) is 28.1 Å². The van der Waals surface area contributed by atoms with E-state index in [4.69, 9.17) is 4.74 Å². The molecule has 2 rings (SSSR count). The minimum atomic E-state index is -0.879. The van der Waals surface area contributed by atoms with E-state index in [1.807, 2.05) is 0 Å². The summed E-state index contributed by atoms with van der Waals surface area (Å²) in [6.45, 7) is 0. The lowest BCUT2D eigenvalue weighted by molar-refractivity contribution is -0.390. The minimum absolute atomic E-state index is 0.126. The van der Waals surface area contributed by atoms with Gasteiger partial charge in [0, 0.05) is 12.1 Å². The third kappa shape index (κ3) is 3.37. The van der Waals surface area contributed by atoms with Crippen molar-refractivity contribution in [3.05, 3.63) is 62.3 Å². The van der Waals surface area contributed by atoms with Gasteiger partial charge in [0.15, 0.2) is 0 Å². The van der Waals surface area contributed by atoms with E-state index in [-0.39, 0.29) is 22.7 Å². The molecule has 0 N–H and O–H groups in total. The number of hydrogen-bond acceptors (Lipinski definition) is 8. The quantitative estimate of drug-likeness (QED) is 0.466. The van der Waals surface area contributed by atoms with E-state index < -0.39 is 21.6 Å². The summed E-state index contributed by atoms with van der Waals surface area (Å²) in [5, 5.41) is 21.7. The number of rotatable bonds is 5. The monoisotopic (exact) mass is 319 g/mol. The van der Waals surface area contributed by atoms with Crippen LogP contribution in [-0.4, -0.2) is 27.9 Å². The van der Waals surface area contributed by atoms with Crippen LogP contribution in [-0.2, 0) is 4.74 Å². The largest absolute Gasteiger partial charge is 0.465 e. The van der Waals surface area contributed by atoms with E-state index in [0.29, 0.717) is 0 Å². The molecule has 0 bridgehead atoms. The summed E-state index contributed by atoms with van der Waals surface area (Å²) in [6, 6.07) is 5.91. The summed E-state index contributed by atoms with van der Waals surface area (Å²) in [4.78, 5) is 35.6. The number of carbonyl (C=O) groups excluding carboxylic acids is 1. The fourth-order valence-electron chi connectivity index (χ4n) is 1.71. The van der Waals surface area contributed by atoms with Gasteiger partial charge >= 0.3 is 11.8 Å². The van der Waals surface area contributed by atoms with Crippen LogP contribution in [0.1, 0.15) is 10.4 Å². The van der Waals surface area contributed by atoms with Crippen molar-refractivity contribution in [2.45, 2.75) is 0 Å². The lowest BCUT2D eigenvalue weighted by Gasteiger charge is -2.09. The molecule has 1 aromatic heterocycles. The summed E-state index contributed by atoms with van der Waals surface area (Å²) in [5.41, 5.74) is -0.585. The molecule has 0 saturated carbocycles. The molecule has 0 radical (unpaired) electrons. The highest BCUT2D eigenvalue weighted by Crippen LogP contribution is 2.33. The highest BCUT2D eigenvalue weighted by atomic mass is 16.6. The fraction of sp³-hybridized carbons (Fsp3) is 0.0769. The molecular formula is C13H9N3O7. The van der Waals surface area contributed by atoms with Gasteiger partial charge in [0.2, 0.25) is 5.75 Å². The average molecular weight is 319 g/mol. The zero-order chi connectivity index (χ0) is 17.0. The molecule has 2 aromatic rings. The van der Waals surface area contributed by atoms with Crippen molar-refractivity contribution in [1.29, 1.82) is 0 Å². The van der Waals surface area contributed by atoms with Crippen LogP contribution in [0.5, 0.6) is 11.5 Å². The Hall–Kier alpha value is -3.56. The normalized spacial score (nSPS) is 9.96. The predicted molar refractivity (Wildman–Crippen MR) is 75.4 cm³/mol. The van der Waals surface area contributed by atoms with Gasteiger partial charge in [-0.1, -0.05) is 0 Å². The van der Waals surface area contributed by atoms with Gasteiger partial charge in [0.05, 0.1) is 12.0 Å². The van der Waals surface area contributed by atoms with E-state index in [9.17, 15) is 25.0 Å². The van der Waals surface area contributed by atoms with E-state index >= 15 is 0 Å². The van der Waals surface area contributed by atoms with E-state index in [0.717, 1.165) is 25.3 Å². The Morgan fingerprint density at radius 1 is 1.13 bits per heavy atom. The van der Waals surface area contributed by atoms with Crippen molar-refractivity contribution in [3.63, 3.8) is 0 Å². The second-order valence-electron chi connectivity index (χ2n) is 4.11. The Morgan fingerprint density at radius 2 is 1.87 bits per heavy atom. The molecule has 0 spiro atoms. The smallest absolute Gasteiger partial charge is 0.406 e. The molecule has 0 aliphatic rings. The third-order valence-corrected chi connectivity index (χ3v) is 2.72. The number of carbonyl (C=O) groups is 1. The first-order valence-corrected chi connectivity index (χ1v) is 6.08. The Morgan fingerprint density at radius 3 is 2.48 bits per heavy atom. The van der Waals surface area contributed by atoms with E-state index in [2.05, 4.69) is 9.72 Å². The number of hydrogen-bond donors (Lipinski definition) is 0. The molecule has 0 atom stereocenters. The van der Waals surface area contributed by atoms with E-state index in [1.54, 1.807) is 0 Å². The number of esters is 1. The zero-order valence-corrected chi connectivity index (χ0v) is 11.7. The molecule has 1 heterocycles. The van der Waals surface area contributed by atoms with Crippen LogP contribution in [0.4, 0.5) is 11.5 Å². The molecule has 1 aromatic carbocycles. The minimum Gasteiger partial charge on any atom is -0.465 e. The van der Waals surface area contributed by atoms with Gasteiger partial charge < -0.3 is 19.6 Å². The maximum Gasteiger partial charge on any atom is 0.406 e. The van der Waals surface area contributed by atoms with Gasteiger partial charge in [-0.15, -0.1) is 0 Å². The molecule has 0 unspecified atom stereocenters. The Labute approximate surface area is 128 Å². The first-order valence-electron chi connectivity index (χ1n) is 6.08. The van der Waals surface area contributed by atoms with E-state index in [1.165, 1.54) is 18.3 Å². The van der Waals surface area contributed by atoms with Crippen LogP contribution in [0.15, 0.2) is 36.5 Å². The maximum absolute atomic E-state index is 11.7. The van der Waals surface area contributed by atoms with Crippen molar-refractivity contribution >= 4 is 17.5 Å². The van der Waals surface area contributed by atoms with Crippen molar-refractivity contribution in [3.8, 4) is 11.5 Å². The maximum atomic E-state index is 11.7. The van der Waals surface area contributed by atoms with Gasteiger partial charge in [0.1, 0.15) is 17.5 Å². The number of nitro benzene ring substituents is 1.